The number of piperidine rings is 1. The average molecular weight is 812 g/mol. The molecule has 3 aliphatic rings. The molecule has 2 saturated heterocycles. The Morgan fingerprint density at radius 1 is 0.741 bits per heavy atom. The Labute approximate surface area is 332 Å². The lowest BCUT2D eigenvalue weighted by Crippen LogP contribution is -2.44. The van der Waals surface area contributed by atoms with E-state index in [1.165, 1.54) is 37.8 Å². The van der Waals surface area contributed by atoms with Gasteiger partial charge in [-0.05, 0) is 81.3 Å². The number of carbonyl (C=O) groups excluding carboxylic acids is 6. The van der Waals surface area contributed by atoms with Crippen molar-refractivity contribution < 1.29 is 60.9 Å². The van der Waals surface area contributed by atoms with Crippen molar-refractivity contribution in [3.8, 4) is 5.75 Å². The third-order valence-corrected chi connectivity index (χ3v) is 9.20. The van der Waals surface area contributed by atoms with E-state index in [9.17, 15) is 41.9 Å². The molecule has 0 spiro atoms. The minimum atomic E-state index is -4.63. The molecule has 15 nitrogen and oxygen atoms in total. The Morgan fingerprint density at radius 3 is 1.95 bits per heavy atom. The second-order valence-electron chi connectivity index (χ2n) is 13.8. The smallest absolute Gasteiger partial charge is 0.416 e. The maximum atomic E-state index is 13.5. The number of aryl methyl sites for hydroxylation is 1. The normalized spacial score (nSPS) is 16.2. The summed E-state index contributed by atoms with van der Waals surface area (Å²) in [5.41, 5.74) is -0.786. The summed E-state index contributed by atoms with van der Waals surface area (Å²) in [6, 6.07) is 14.1. The van der Waals surface area contributed by atoms with Crippen molar-refractivity contribution in [1.82, 2.24) is 10.6 Å². The molecule has 0 aromatic heterocycles. The van der Waals surface area contributed by atoms with E-state index in [0.717, 1.165) is 11.0 Å². The number of halogens is 3. The summed E-state index contributed by atoms with van der Waals surface area (Å²) in [5, 5.41) is 7.58. The second-order valence-corrected chi connectivity index (χ2v) is 13.8. The minimum absolute atomic E-state index is 0.0130. The van der Waals surface area contributed by atoms with Crippen LogP contribution in [0.3, 0.4) is 0 Å². The van der Waals surface area contributed by atoms with Gasteiger partial charge in [-0.3, -0.25) is 39.5 Å². The quantitative estimate of drug-likeness (QED) is 0.101. The number of carbonyl (C=O) groups is 6. The van der Waals surface area contributed by atoms with Gasteiger partial charge in [0, 0.05) is 30.8 Å². The number of amides is 7. The van der Waals surface area contributed by atoms with Crippen LogP contribution in [0.25, 0.3) is 0 Å². The monoisotopic (exact) mass is 811 g/mol. The highest BCUT2D eigenvalue weighted by Gasteiger charge is 2.53. The number of ether oxygens (including phenoxy) is 4. The largest absolute Gasteiger partial charge is 0.491 e. The summed E-state index contributed by atoms with van der Waals surface area (Å²) in [4.78, 5) is 73.1. The maximum Gasteiger partial charge on any atom is 0.416 e. The van der Waals surface area contributed by atoms with Crippen molar-refractivity contribution in [2.24, 2.45) is 0 Å². The van der Waals surface area contributed by atoms with Gasteiger partial charge in [0.2, 0.25) is 11.8 Å². The first-order chi connectivity index (χ1) is 27.6. The number of nitrogens with zero attached hydrogens (tertiary/aromatic N) is 2. The van der Waals surface area contributed by atoms with Crippen molar-refractivity contribution in [2.75, 3.05) is 67.9 Å². The van der Waals surface area contributed by atoms with Gasteiger partial charge in [-0.15, -0.1) is 0 Å². The van der Waals surface area contributed by atoms with Crippen LogP contribution in [0, 0.1) is 6.92 Å². The molecule has 2 fully saturated rings. The van der Waals surface area contributed by atoms with Gasteiger partial charge < -0.3 is 24.3 Å². The van der Waals surface area contributed by atoms with Crippen LogP contribution in [0.15, 0.2) is 60.7 Å². The topological polar surface area (TPSA) is 182 Å². The predicted octanol–water partition coefficient (Wildman–Crippen LogP) is 5.00. The lowest BCUT2D eigenvalue weighted by atomic mass is 10.0. The van der Waals surface area contributed by atoms with Crippen LogP contribution < -0.4 is 30.5 Å². The zero-order valence-electron chi connectivity index (χ0n) is 32.2. The molecule has 0 unspecified atom stereocenters. The van der Waals surface area contributed by atoms with Crippen LogP contribution >= 0.6 is 0 Å². The molecule has 0 aliphatic carbocycles. The summed E-state index contributed by atoms with van der Waals surface area (Å²) in [6.45, 7) is 7.16. The van der Waals surface area contributed by atoms with E-state index >= 15 is 0 Å². The number of urea groups is 1. The standard InChI is InChI=1S/C35H37F3N4O8.C5H7NO2/c1-22-7-8-24(21-27(22)35(36,37)38)41-32(45)34(2,3)42(33(41)46)23-9-11-25(12-10-23)50-20-19-49-18-17-48-16-15-47-14-13-39-28-6-4-5-26-29(28)31(44)40-30(26)43;7-4-2-1-3-5(8)6-4/h4-12,21,39H,13-20H2,1-3H3,(H,40,43,44);1-3H2,(H,6,7,8). The number of hydrogen-bond acceptors (Lipinski definition) is 11. The summed E-state index contributed by atoms with van der Waals surface area (Å²) in [5.74, 6) is -1.25. The number of benzene rings is 3. The van der Waals surface area contributed by atoms with Crippen LogP contribution in [-0.2, 0) is 34.8 Å². The van der Waals surface area contributed by atoms with Gasteiger partial charge in [-0.1, -0.05) is 12.1 Å². The molecular formula is C40H44F3N5O10. The number of rotatable bonds is 16. The molecule has 310 valence electrons. The third-order valence-electron chi connectivity index (χ3n) is 9.20. The Hall–Kier alpha value is -5.85. The molecule has 0 radical (unpaired) electrons. The SMILES string of the molecule is Cc1ccc(N2C(=O)N(c3ccc(OCCOCCOCCOCCNc4cccc5c4C(=O)NC5=O)cc3)C(C)(C)C2=O)cc1C(F)(F)F.O=C1CCCC(=O)N1. The van der Waals surface area contributed by atoms with Crippen molar-refractivity contribution in [1.29, 1.82) is 0 Å². The van der Waals surface area contributed by atoms with E-state index in [4.69, 9.17) is 18.9 Å². The van der Waals surface area contributed by atoms with E-state index in [-0.39, 0.29) is 36.3 Å². The van der Waals surface area contributed by atoms with Gasteiger partial charge in [-0.25, -0.2) is 9.69 Å². The van der Waals surface area contributed by atoms with Gasteiger partial charge in [-0.2, -0.15) is 13.2 Å². The molecule has 7 amide bonds. The number of anilines is 3. The molecule has 3 aromatic carbocycles. The molecule has 0 atom stereocenters. The summed E-state index contributed by atoms with van der Waals surface area (Å²) < 4.78 is 62.8. The van der Waals surface area contributed by atoms with Gasteiger partial charge >= 0.3 is 12.2 Å². The van der Waals surface area contributed by atoms with Crippen LogP contribution in [-0.4, -0.2) is 93.9 Å². The number of fused-ring (bicyclic) bond motifs is 1. The number of hydrogen-bond donors (Lipinski definition) is 3. The highest BCUT2D eigenvalue weighted by Crippen LogP contribution is 2.39. The van der Waals surface area contributed by atoms with Gasteiger partial charge in [0.05, 0.1) is 62.0 Å². The van der Waals surface area contributed by atoms with Gasteiger partial charge in [0.15, 0.2) is 0 Å². The molecule has 6 rings (SSSR count). The van der Waals surface area contributed by atoms with E-state index in [0.29, 0.717) is 87.1 Å². The maximum absolute atomic E-state index is 13.5. The zero-order chi connectivity index (χ0) is 42.0. The van der Waals surface area contributed by atoms with Crippen LogP contribution in [0.4, 0.5) is 35.0 Å². The molecule has 3 aliphatic heterocycles. The van der Waals surface area contributed by atoms with Crippen molar-refractivity contribution >= 4 is 52.6 Å². The Kier molecular flexibility index (Phi) is 14.2. The average Bonchev–Trinajstić information content (AvgIpc) is 3.56. The van der Waals surface area contributed by atoms with Crippen molar-refractivity contribution in [3.05, 3.63) is 82.9 Å². The van der Waals surface area contributed by atoms with E-state index in [1.807, 2.05) is 0 Å². The highest BCUT2D eigenvalue weighted by molar-refractivity contribution is 6.30. The van der Waals surface area contributed by atoms with Gasteiger partial charge in [0.25, 0.3) is 17.7 Å². The fourth-order valence-electron chi connectivity index (χ4n) is 6.28. The number of alkyl halides is 3. The third kappa shape index (κ3) is 10.6. The Bertz CT molecular complexity index is 2010. The molecule has 0 saturated carbocycles. The number of imide groups is 3. The van der Waals surface area contributed by atoms with Gasteiger partial charge in [0.1, 0.15) is 17.9 Å². The second kappa shape index (κ2) is 19.1. The lowest BCUT2D eigenvalue weighted by Gasteiger charge is -2.27. The first-order valence-corrected chi connectivity index (χ1v) is 18.5. The summed E-state index contributed by atoms with van der Waals surface area (Å²) in [7, 11) is 0. The van der Waals surface area contributed by atoms with Crippen molar-refractivity contribution in [2.45, 2.75) is 51.7 Å². The molecule has 3 N–H and O–H groups in total. The first-order valence-electron chi connectivity index (χ1n) is 18.5. The van der Waals surface area contributed by atoms with Crippen LogP contribution in [0.1, 0.15) is 65.0 Å². The van der Waals surface area contributed by atoms with E-state index < -0.39 is 41.0 Å². The summed E-state index contributed by atoms with van der Waals surface area (Å²) >= 11 is 0. The Balaban J connectivity index is 0.000000714. The summed E-state index contributed by atoms with van der Waals surface area (Å²) in [6.07, 6.45) is -2.91. The zero-order valence-corrected chi connectivity index (χ0v) is 32.2. The fraction of sp³-hybridized carbons (Fsp3) is 0.400. The molecule has 3 heterocycles. The molecule has 18 heteroatoms. The van der Waals surface area contributed by atoms with Crippen LogP contribution in [0.5, 0.6) is 5.75 Å². The van der Waals surface area contributed by atoms with Crippen LogP contribution in [0.2, 0.25) is 0 Å². The Morgan fingerprint density at radius 2 is 1.34 bits per heavy atom. The predicted molar refractivity (Wildman–Crippen MR) is 204 cm³/mol. The fourth-order valence-corrected chi connectivity index (χ4v) is 6.28. The molecule has 58 heavy (non-hydrogen) atoms. The lowest BCUT2D eigenvalue weighted by molar-refractivity contribution is -0.138. The minimum Gasteiger partial charge on any atom is -0.491 e. The molecular weight excluding hydrogens is 767 g/mol. The molecule has 3 aromatic rings. The van der Waals surface area contributed by atoms with E-state index in [2.05, 4.69) is 16.0 Å². The van der Waals surface area contributed by atoms with Crippen molar-refractivity contribution in [3.63, 3.8) is 0 Å². The van der Waals surface area contributed by atoms with E-state index in [1.54, 1.807) is 42.5 Å². The highest BCUT2D eigenvalue weighted by atomic mass is 19.4. The number of nitrogens with one attached hydrogen (secondary N) is 3. The first kappa shape index (κ1) is 43.3. The molecule has 0 bridgehead atoms.